The van der Waals surface area contributed by atoms with Crippen LogP contribution in [-0.4, -0.2) is 22.5 Å². The van der Waals surface area contributed by atoms with Crippen LogP contribution in [0.2, 0.25) is 0 Å². The number of hydrogen-bond acceptors (Lipinski definition) is 4. The van der Waals surface area contributed by atoms with E-state index in [2.05, 4.69) is 10.3 Å². The zero-order valence-electron chi connectivity index (χ0n) is 11.2. The average Bonchev–Trinajstić information content (AvgIpc) is 2.27. The number of pyridine rings is 1. The predicted molar refractivity (Wildman–Crippen MR) is 67.9 cm³/mol. The minimum atomic E-state index is -0.617. The zero-order valence-corrected chi connectivity index (χ0v) is 11.2. The lowest BCUT2D eigenvalue weighted by Gasteiger charge is -2.19. The summed E-state index contributed by atoms with van der Waals surface area (Å²) in [4.78, 5) is 26.5. The van der Waals surface area contributed by atoms with Gasteiger partial charge < -0.3 is 10.1 Å². The van der Waals surface area contributed by atoms with Gasteiger partial charge in [0.1, 0.15) is 5.60 Å². The first kappa shape index (κ1) is 15.1. The van der Waals surface area contributed by atoms with Gasteiger partial charge in [-0.3, -0.25) is 14.6 Å². The van der Waals surface area contributed by atoms with Crippen LogP contribution in [0.1, 0.15) is 33.6 Å². The van der Waals surface area contributed by atoms with Crippen molar-refractivity contribution in [2.45, 2.75) is 39.2 Å². The Balaban J connectivity index is 2.41. The van der Waals surface area contributed by atoms with Gasteiger partial charge in [-0.15, -0.1) is 0 Å². The van der Waals surface area contributed by atoms with Crippen LogP contribution in [0.25, 0.3) is 0 Å². The summed E-state index contributed by atoms with van der Waals surface area (Å²) in [5.74, 6) is -1.53. The topological polar surface area (TPSA) is 68.3 Å². The van der Waals surface area contributed by atoms with Crippen molar-refractivity contribution in [3.63, 3.8) is 0 Å². The molecule has 0 radical (unpaired) electrons. The summed E-state index contributed by atoms with van der Waals surface area (Å²) in [5.41, 5.74) is -0.533. The molecule has 0 aliphatic carbocycles. The van der Waals surface area contributed by atoms with Crippen LogP contribution in [0.3, 0.4) is 0 Å². The second kappa shape index (κ2) is 6.26. The van der Waals surface area contributed by atoms with Crippen LogP contribution in [0.15, 0.2) is 18.5 Å². The molecule has 1 aromatic rings. The molecule has 0 spiro atoms. The smallest absolute Gasteiger partial charge is 0.306 e. The summed E-state index contributed by atoms with van der Waals surface area (Å²) >= 11 is 0. The molecule has 0 saturated heterocycles. The van der Waals surface area contributed by atoms with E-state index in [9.17, 15) is 14.0 Å². The average molecular weight is 268 g/mol. The number of anilines is 1. The molecule has 104 valence electrons. The molecule has 5 nitrogen and oxygen atoms in total. The molecule has 1 amide bonds. The van der Waals surface area contributed by atoms with Crippen LogP contribution in [0, 0.1) is 5.82 Å². The second-order valence-corrected chi connectivity index (χ2v) is 4.99. The molecule has 0 aliphatic rings. The van der Waals surface area contributed by atoms with Crippen molar-refractivity contribution >= 4 is 17.6 Å². The third-order valence-electron chi connectivity index (χ3n) is 2.02. The van der Waals surface area contributed by atoms with Crippen molar-refractivity contribution in [3.05, 3.63) is 24.3 Å². The van der Waals surface area contributed by atoms with Gasteiger partial charge in [0.05, 0.1) is 18.3 Å². The Labute approximate surface area is 111 Å². The summed E-state index contributed by atoms with van der Waals surface area (Å²) in [6.45, 7) is 5.24. The molecule has 19 heavy (non-hydrogen) atoms. The molecule has 6 heteroatoms. The van der Waals surface area contributed by atoms with Crippen LogP contribution < -0.4 is 5.32 Å². The monoisotopic (exact) mass is 268 g/mol. The maximum atomic E-state index is 13.2. The van der Waals surface area contributed by atoms with E-state index < -0.39 is 23.3 Å². The van der Waals surface area contributed by atoms with E-state index in [0.29, 0.717) is 0 Å². The molecule has 1 rings (SSSR count). The van der Waals surface area contributed by atoms with E-state index in [-0.39, 0.29) is 18.5 Å². The highest BCUT2D eigenvalue weighted by Crippen LogP contribution is 2.12. The summed E-state index contributed by atoms with van der Waals surface area (Å²) in [6.07, 6.45) is 2.27. The number of nitrogens with one attached hydrogen (secondary N) is 1. The predicted octanol–water partition coefficient (Wildman–Crippen LogP) is 2.28. The first-order chi connectivity index (χ1) is 8.78. The Morgan fingerprint density at radius 2 is 2.05 bits per heavy atom. The van der Waals surface area contributed by atoms with Gasteiger partial charge in [-0.05, 0) is 26.8 Å². The highest BCUT2D eigenvalue weighted by molar-refractivity contribution is 5.92. The molecular formula is C13H17FN2O3. The van der Waals surface area contributed by atoms with Crippen molar-refractivity contribution in [1.29, 1.82) is 0 Å². The zero-order chi connectivity index (χ0) is 14.5. The van der Waals surface area contributed by atoms with Crippen molar-refractivity contribution in [1.82, 2.24) is 4.98 Å². The largest absolute Gasteiger partial charge is 0.460 e. The van der Waals surface area contributed by atoms with E-state index >= 15 is 0 Å². The minimum Gasteiger partial charge on any atom is -0.460 e. The molecule has 1 aromatic heterocycles. The Kier molecular flexibility index (Phi) is 4.97. The standard InChI is InChI=1S/C13H17FN2O3/c1-13(2,3)19-12(18)5-4-11(17)16-10-6-7-15-8-9(10)14/h6-8H,4-5H2,1-3H3,(H,15,16,17). The van der Waals surface area contributed by atoms with Gasteiger partial charge in [0.15, 0.2) is 5.82 Å². The van der Waals surface area contributed by atoms with Gasteiger partial charge in [0, 0.05) is 12.6 Å². The number of amides is 1. The molecule has 0 aliphatic heterocycles. The Bertz CT molecular complexity index is 469. The molecular weight excluding hydrogens is 251 g/mol. The van der Waals surface area contributed by atoms with Crippen LogP contribution in [0.5, 0.6) is 0 Å². The van der Waals surface area contributed by atoms with Gasteiger partial charge in [0.25, 0.3) is 0 Å². The number of hydrogen-bond donors (Lipinski definition) is 1. The molecule has 1 N–H and O–H groups in total. The number of rotatable bonds is 4. The second-order valence-electron chi connectivity index (χ2n) is 4.99. The van der Waals surface area contributed by atoms with Crippen LogP contribution >= 0.6 is 0 Å². The van der Waals surface area contributed by atoms with E-state index in [4.69, 9.17) is 4.74 Å². The third-order valence-corrected chi connectivity index (χ3v) is 2.02. The van der Waals surface area contributed by atoms with Crippen molar-refractivity contribution in [2.75, 3.05) is 5.32 Å². The fraction of sp³-hybridized carbons (Fsp3) is 0.462. The Hall–Kier alpha value is -1.98. The van der Waals surface area contributed by atoms with Gasteiger partial charge in [-0.25, -0.2) is 4.39 Å². The van der Waals surface area contributed by atoms with Gasteiger partial charge >= 0.3 is 5.97 Å². The van der Waals surface area contributed by atoms with Crippen molar-refractivity contribution < 1.29 is 18.7 Å². The normalized spacial score (nSPS) is 10.9. The summed E-state index contributed by atoms with van der Waals surface area (Å²) in [7, 11) is 0. The SMILES string of the molecule is CC(C)(C)OC(=O)CCC(=O)Nc1ccncc1F. The van der Waals surface area contributed by atoms with E-state index in [1.165, 1.54) is 12.3 Å². The van der Waals surface area contributed by atoms with Crippen LogP contribution in [-0.2, 0) is 14.3 Å². The van der Waals surface area contributed by atoms with Crippen molar-refractivity contribution in [3.8, 4) is 0 Å². The molecule has 0 unspecified atom stereocenters. The fourth-order valence-corrected chi connectivity index (χ4v) is 1.30. The molecule has 0 atom stereocenters. The molecule has 0 saturated carbocycles. The lowest BCUT2D eigenvalue weighted by molar-refractivity contribution is -0.155. The Morgan fingerprint density at radius 1 is 1.37 bits per heavy atom. The minimum absolute atomic E-state index is 0.0455. The van der Waals surface area contributed by atoms with Gasteiger partial charge in [-0.1, -0.05) is 0 Å². The van der Waals surface area contributed by atoms with Gasteiger partial charge in [-0.2, -0.15) is 0 Å². The molecule has 0 bridgehead atoms. The highest BCUT2D eigenvalue weighted by Gasteiger charge is 2.17. The lowest BCUT2D eigenvalue weighted by atomic mass is 10.2. The van der Waals surface area contributed by atoms with E-state index in [0.717, 1.165) is 6.20 Å². The quantitative estimate of drug-likeness (QED) is 0.851. The van der Waals surface area contributed by atoms with Crippen molar-refractivity contribution in [2.24, 2.45) is 0 Å². The first-order valence-corrected chi connectivity index (χ1v) is 5.89. The van der Waals surface area contributed by atoms with E-state index in [1.807, 2.05) is 0 Å². The number of halogens is 1. The summed E-state index contributed by atoms with van der Waals surface area (Å²) in [5, 5.41) is 2.37. The first-order valence-electron chi connectivity index (χ1n) is 5.89. The van der Waals surface area contributed by atoms with E-state index in [1.54, 1.807) is 20.8 Å². The Morgan fingerprint density at radius 3 is 2.63 bits per heavy atom. The molecule has 1 heterocycles. The molecule has 0 aromatic carbocycles. The van der Waals surface area contributed by atoms with Gasteiger partial charge in [0.2, 0.25) is 5.91 Å². The fourth-order valence-electron chi connectivity index (χ4n) is 1.30. The number of nitrogens with zero attached hydrogens (tertiary/aromatic N) is 1. The number of aromatic nitrogens is 1. The maximum absolute atomic E-state index is 13.2. The number of esters is 1. The third kappa shape index (κ3) is 5.94. The lowest BCUT2D eigenvalue weighted by Crippen LogP contribution is -2.24. The number of ether oxygens (including phenoxy) is 1. The number of carbonyl (C=O) groups is 2. The van der Waals surface area contributed by atoms with Crippen LogP contribution in [0.4, 0.5) is 10.1 Å². The molecule has 0 fully saturated rings. The maximum Gasteiger partial charge on any atom is 0.306 e. The summed E-state index contributed by atoms with van der Waals surface area (Å²) in [6, 6.07) is 1.35. The summed E-state index contributed by atoms with van der Waals surface area (Å²) < 4.78 is 18.3. The highest BCUT2D eigenvalue weighted by atomic mass is 19.1. The number of carbonyl (C=O) groups excluding carboxylic acids is 2.